The third-order valence-electron chi connectivity index (χ3n) is 7.34. The van der Waals surface area contributed by atoms with Gasteiger partial charge < -0.3 is 10.6 Å². The zero-order valence-corrected chi connectivity index (χ0v) is 18.7. The Balaban J connectivity index is 1.45. The van der Waals surface area contributed by atoms with Gasteiger partial charge in [-0.1, -0.05) is 32.4 Å². The minimum absolute atomic E-state index is 0.0919. The number of rotatable bonds is 6. The van der Waals surface area contributed by atoms with Crippen molar-refractivity contribution in [2.75, 3.05) is 5.32 Å². The standard InChI is InChI=1S/C22H28ClN5O3/c1-12-15-8-14(22(15,2)3)9-16(12)26-19-18(23)21(31)28(27-20(19)30)11-17(29)25-10-13-4-6-24-7-5-13/h4-7,12,14-16,26H,8-11H2,1-3H3,(H,25,29)(H,27,30)/t12-,14+,15+,16+/m0/s1. The van der Waals surface area contributed by atoms with Crippen molar-refractivity contribution in [1.29, 1.82) is 0 Å². The summed E-state index contributed by atoms with van der Waals surface area (Å²) in [4.78, 5) is 41.5. The molecule has 3 aliphatic rings. The average Bonchev–Trinajstić information content (AvgIpc) is 2.74. The van der Waals surface area contributed by atoms with Gasteiger partial charge in [-0.15, -0.1) is 0 Å². The average molecular weight is 446 g/mol. The molecule has 0 aromatic carbocycles. The van der Waals surface area contributed by atoms with Crippen molar-refractivity contribution in [2.24, 2.45) is 23.2 Å². The van der Waals surface area contributed by atoms with Crippen LogP contribution in [0, 0.1) is 23.2 Å². The summed E-state index contributed by atoms with van der Waals surface area (Å²) in [6, 6.07) is 3.65. The lowest BCUT2D eigenvalue weighted by Crippen LogP contribution is -2.58. The van der Waals surface area contributed by atoms with Crippen molar-refractivity contribution in [3.8, 4) is 0 Å². The predicted octanol–water partition coefficient (Wildman–Crippen LogP) is 2.38. The lowest BCUT2D eigenvalue weighted by atomic mass is 9.45. The number of carbonyl (C=O) groups is 1. The van der Waals surface area contributed by atoms with Crippen molar-refractivity contribution >= 4 is 23.2 Å². The van der Waals surface area contributed by atoms with Gasteiger partial charge in [0.25, 0.3) is 11.1 Å². The van der Waals surface area contributed by atoms with Gasteiger partial charge in [-0.05, 0) is 53.7 Å². The highest BCUT2D eigenvalue weighted by Gasteiger charge is 2.56. The van der Waals surface area contributed by atoms with Gasteiger partial charge in [0.2, 0.25) is 5.91 Å². The summed E-state index contributed by atoms with van der Waals surface area (Å²) in [6.07, 6.45) is 5.42. The van der Waals surface area contributed by atoms with E-state index in [1.807, 2.05) is 0 Å². The van der Waals surface area contributed by atoms with Crippen LogP contribution in [0.15, 0.2) is 34.1 Å². The minimum atomic E-state index is -0.600. The van der Waals surface area contributed by atoms with Crippen LogP contribution in [-0.4, -0.2) is 26.7 Å². The number of aromatic nitrogens is 3. The Labute approximate surface area is 185 Å². The number of pyridine rings is 1. The first-order valence-electron chi connectivity index (χ1n) is 10.6. The number of aromatic amines is 1. The van der Waals surface area contributed by atoms with Gasteiger partial charge in [-0.25, -0.2) is 4.68 Å². The van der Waals surface area contributed by atoms with E-state index in [0.717, 1.165) is 16.7 Å². The van der Waals surface area contributed by atoms with Crippen LogP contribution in [0.2, 0.25) is 5.02 Å². The number of amides is 1. The van der Waals surface area contributed by atoms with E-state index >= 15 is 0 Å². The first kappa shape index (κ1) is 21.6. The number of carbonyl (C=O) groups excluding carboxylic acids is 1. The Bertz CT molecular complexity index is 1090. The summed E-state index contributed by atoms with van der Waals surface area (Å²) >= 11 is 6.28. The van der Waals surface area contributed by atoms with Gasteiger partial charge in [-0.3, -0.25) is 24.5 Å². The smallest absolute Gasteiger partial charge is 0.287 e. The van der Waals surface area contributed by atoms with Crippen molar-refractivity contribution in [3.63, 3.8) is 0 Å². The normalized spacial score (nSPS) is 26.1. The lowest BCUT2D eigenvalue weighted by molar-refractivity contribution is -0.122. The number of hydrogen-bond donors (Lipinski definition) is 3. The number of halogens is 1. The number of fused-ring (bicyclic) bond motifs is 2. The molecule has 2 aromatic heterocycles. The maximum absolute atomic E-state index is 12.7. The molecule has 2 aromatic rings. The van der Waals surface area contributed by atoms with Crippen LogP contribution in [0.1, 0.15) is 39.2 Å². The molecule has 3 aliphatic carbocycles. The van der Waals surface area contributed by atoms with Crippen LogP contribution >= 0.6 is 11.6 Å². The minimum Gasteiger partial charge on any atom is -0.376 e. The molecule has 2 bridgehead atoms. The Morgan fingerprint density at radius 1 is 1.29 bits per heavy atom. The first-order chi connectivity index (χ1) is 14.7. The summed E-state index contributed by atoms with van der Waals surface area (Å²) in [5.41, 5.74) is 0.190. The zero-order chi connectivity index (χ0) is 22.3. The summed E-state index contributed by atoms with van der Waals surface area (Å²) in [5.74, 6) is 1.16. The van der Waals surface area contributed by atoms with Gasteiger partial charge in [0.15, 0.2) is 0 Å². The van der Waals surface area contributed by atoms with Gasteiger partial charge >= 0.3 is 0 Å². The van der Waals surface area contributed by atoms with Crippen LogP contribution in [0.3, 0.4) is 0 Å². The topological polar surface area (TPSA) is 109 Å². The van der Waals surface area contributed by atoms with Crippen molar-refractivity contribution in [1.82, 2.24) is 20.1 Å². The summed E-state index contributed by atoms with van der Waals surface area (Å²) in [5, 5.41) is 8.25. The molecule has 8 nitrogen and oxygen atoms in total. The van der Waals surface area contributed by atoms with Crippen LogP contribution in [-0.2, 0) is 17.9 Å². The molecule has 31 heavy (non-hydrogen) atoms. The Morgan fingerprint density at radius 2 is 2.00 bits per heavy atom. The zero-order valence-electron chi connectivity index (χ0n) is 17.9. The van der Waals surface area contributed by atoms with Gasteiger partial charge in [0.05, 0.1) is 0 Å². The molecule has 3 N–H and O–H groups in total. The second-order valence-electron chi connectivity index (χ2n) is 9.36. The van der Waals surface area contributed by atoms with Crippen molar-refractivity contribution in [3.05, 3.63) is 55.8 Å². The number of nitrogens with zero attached hydrogens (tertiary/aromatic N) is 2. The number of hydrogen-bond acceptors (Lipinski definition) is 5. The Morgan fingerprint density at radius 3 is 2.65 bits per heavy atom. The highest BCUT2D eigenvalue weighted by Crippen LogP contribution is 2.61. The molecule has 3 fully saturated rings. The highest BCUT2D eigenvalue weighted by molar-refractivity contribution is 6.32. The van der Waals surface area contributed by atoms with Crippen LogP contribution < -0.4 is 21.8 Å². The second-order valence-corrected chi connectivity index (χ2v) is 9.74. The molecular weight excluding hydrogens is 418 g/mol. The van der Waals surface area contributed by atoms with Gasteiger partial charge in [0, 0.05) is 25.0 Å². The molecule has 9 heteroatoms. The van der Waals surface area contributed by atoms with E-state index in [2.05, 4.69) is 41.5 Å². The third kappa shape index (κ3) is 4.01. The Kier molecular flexibility index (Phi) is 5.68. The quantitative estimate of drug-likeness (QED) is 0.632. The van der Waals surface area contributed by atoms with Crippen LogP contribution in [0.5, 0.6) is 0 Å². The third-order valence-corrected chi connectivity index (χ3v) is 7.69. The monoisotopic (exact) mass is 445 g/mol. The SMILES string of the molecule is C[C@H]1[C@H]2C[C@H](C[C@H]1Nc1c(Cl)c(=O)n(CC(=O)NCc3ccncc3)[nH]c1=O)C2(C)C. The van der Waals surface area contributed by atoms with E-state index in [-0.39, 0.29) is 23.3 Å². The largest absolute Gasteiger partial charge is 0.376 e. The fraction of sp³-hybridized carbons (Fsp3) is 0.545. The van der Waals surface area contributed by atoms with E-state index in [1.54, 1.807) is 24.5 Å². The Hall–Kier alpha value is -2.61. The van der Waals surface area contributed by atoms with E-state index in [9.17, 15) is 14.4 Å². The molecule has 0 aliphatic heterocycles. The predicted molar refractivity (Wildman–Crippen MR) is 119 cm³/mol. The second kappa shape index (κ2) is 8.15. The number of H-pyrrole nitrogens is 1. The van der Waals surface area contributed by atoms with Gasteiger partial charge in [0.1, 0.15) is 17.3 Å². The van der Waals surface area contributed by atoms with Gasteiger partial charge in [-0.2, -0.15) is 0 Å². The molecule has 4 atom stereocenters. The molecular formula is C22H28ClN5O3. The van der Waals surface area contributed by atoms with E-state index in [1.165, 1.54) is 6.42 Å². The number of anilines is 1. The number of nitrogens with one attached hydrogen (secondary N) is 3. The van der Waals surface area contributed by atoms with E-state index < -0.39 is 17.0 Å². The molecule has 1 amide bonds. The first-order valence-corrected chi connectivity index (χ1v) is 11.0. The molecule has 2 heterocycles. The molecule has 0 saturated heterocycles. The molecule has 166 valence electrons. The van der Waals surface area contributed by atoms with E-state index in [4.69, 9.17) is 11.6 Å². The molecule has 0 unspecified atom stereocenters. The molecule has 0 radical (unpaired) electrons. The fourth-order valence-corrected chi connectivity index (χ4v) is 5.46. The lowest BCUT2D eigenvalue weighted by Gasteiger charge is -2.62. The fourth-order valence-electron chi connectivity index (χ4n) is 5.22. The molecule has 5 rings (SSSR count). The summed E-state index contributed by atoms with van der Waals surface area (Å²) < 4.78 is 0.947. The highest BCUT2D eigenvalue weighted by atomic mass is 35.5. The maximum atomic E-state index is 12.7. The maximum Gasteiger partial charge on any atom is 0.287 e. The van der Waals surface area contributed by atoms with Crippen molar-refractivity contribution < 1.29 is 4.79 Å². The summed E-state index contributed by atoms with van der Waals surface area (Å²) in [6.45, 7) is 6.78. The van der Waals surface area contributed by atoms with Crippen LogP contribution in [0.25, 0.3) is 0 Å². The van der Waals surface area contributed by atoms with E-state index in [0.29, 0.717) is 29.7 Å². The molecule has 3 saturated carbocycles. The molecule has 0 spiro atoms. The summed E-state index contributed by atoms with van der Waals surface area (Å²) in [7, 11) is 0. The van der Waals surface area contributed by atoms with Crippen LogP contribution in [0.4, 0.5) is 5.69 Å². The van der Waals surface area contributed by atoms with Crippen molar-refractivity contribution in [2.45, 2.75) is 52.7 Å².